The molecular weight excluding hydrogens is 408 g/mol. The van der Waals surface area contributed by atoms with Crippen LogP contribution in [-0.4, -0.2) is 42.3 Å². The number of methoxy groups -OCH3 is 1. The number of H-pyrrole nitrogens is 1. The van der Waals surface area contributed by atoms with E-state index < -0.39 is 12.0 Å². The maximum atomic E-state index is 13.0. The molecule has 1 saturated heterocycles. The lowest BCUT2D eigenvalue weighted by atomic mass is 9.93. The number of nitrogens with zero attached hydrogens (tertiary/aromatic N) is 1. The van der Waals surface area contributed by atoms with Crippen molar-refractivity contribution in [2.24, 2.45) is 17.8 Å². The number of amides is 2. The lowest BCUT2D eigenvalue weighted by Gasteiger charge is -2.19. The van der Waals surface area contributed by atoms with Crippen LogP contribution in [0.2, 0.25) is 0 Å². The van der Waals surface area contributed by atoms with Crippen LogP contribution in [0.1, 0.15) is 49.0 Å². The Morgan fingerprint density at radius 2 is 2.09 bits per heavy atom. The van der Waals surface area contributed by atoms with Gasteiger partial charge in [-0.05, 0) is 43.4 Å². The Labute approximate surface area is 186 Å². The summed E-state index contributed by atoms with van der Waals surface area (Å²) in [6, 6.07) is 8.68. The number of Topliss-reactive ketones (excluding diaryl/α,β-unsaturated/α-hetero) is 1. The second-order valence-electron chi connectivity index (χ2n) is 8.81. The van der Waals surface area contributed by atoms with E-state index >= 15 is 0 Å². The fraction of sp³-hybridized carbons (Fsp3) is 0.500. The second kappa shape index (κ2) is 9.43. The molecule has 3 N–H and O–H groups in total. The number of ether oxygens (including phenoxy) is 1. The van der Waals surface area contributed by atoms with E-state index in [0.717, 1.165) is 23.7 Å². The minimum atomic E-state index is -0.745. The molecule has 1 saturated carbocycles. The Morgan fingerprint density at radius 1 is 1.28 bits per heavy atom. The lowest BCUT2D eigenvalue weighted by Crippen LogP contribution is -2.40. The van der Waals surface area contributed by atoms with Gasteiger partial charge in [0.2, 0.25) is 11.8 Å². The van der Waals surface area contributed by atoms with E-state index in [1.807, 2.05) is 18.2 Å². The quantitative estimate of drug-likeness (QED) is 0.494. The first-order valence-electron chi connectivity index (χ1n) is 11.1. The van der Waals surface area contributed by atoms with Crippen LogP contribution < -0.4 is 15.4 Å². The summed E-state index contributed by atoms with van der Waals surface area (Å²) in [5, 5.41) is 15.9. The Balaban J connectivity index is 1.44. The van der Waals surface area contributed by atoms with Crippen LogP contribution in [0.4, 0.5) is 0 Å². The molecule has 2 amide bonds. The molecule has 3 atom stereocenters. The highest BCUT2D eigenvalue weighted by Crippen LogP contribution is 2.37. The number of ketones is 1. The molecule has 8 nitrogen and oxygen atoms in total. The summed E-state index contributed by atoms with van der Waals surface area (Å²) in [4.78, 5) is 41.0. The summed E-state index contributed by atoms with van der Waals surface area (Å²) < 4.78 is 5.36. The number of nitrogens with one attached hydrogen (secondary N) is 3. The monoisotopic (exact) mass is 436 g/mol. The molecule has 1 aromatic heterocycles. The number of aromatic amines is 1. The average molecular weight is 437 g/mol. The first-order chi connectivity index (χ1) is 15.5. The molecule has 0 spiro atoms. The van der Waals surface area contributed by atoms with Crippen molar-refractivity contribution in [2.45, 2.75) is 44.6 Å². The molecule has 2 fully saturated rings. The fourth-order valence-electron chi connectivity index (χ4n) is 4.42. The van der Waals surface area contributed by atoms with Crippen LogP contribution >= 0.6 is 0 Å². The number of benzene rings is 1. The summed E-state index contributed by atoms with van der Waals surface area (Å²) in [5.74, 6) is -0.142. The van der Waals surface area contributed by atoms with E-state index in [1.54, 1.807) is 13.2 Å². The van der Waals surface area contributed by atoms with E-state index in [2.05, 4.69) is 21.7 Å². The van der Waals surface area contributed by atoms with Crippen molar-refractivity contribution in [2.75, 3.05) is 13.7 Å². The highest BCUT2D eigenvalue weighted by Gasteiger charge is 2.33. The standard InChI is InChI=1S/C24H28N4O4/c1-32-22-4-2-3-19-18(22)12-20(28-19)21(29)11-16(9-14-5-6-14)24(31)27-17(13-25)10-15-7-8-26-23(15)30/h2-4,12,14-17,28H,5-11H2,1H3,(H,26,30)(H,27,31)/t15-,16+,17-/m0/s1. The molecule has 8 heteroatoms. The van der Waals surface area contributed by atoms with Crippen molar-refractivity contribution in [1.29, 1.82) is 5.26 Å². The number of nitriles is 1. The Bertz CT molecular complexity index is 1070. The highest BCUT2D eigenvalue weighted by molar-refractivity contribution is 6.02. The SMILES string of the molecule is COc1cccc2[nH]c(C(=O)C[C@@H](CC3CC3)C(=O)N[C@H](C#N)C[C@@H]3CCNC3=O)cc12. The van der Waals surface area contributed by atoms with Gasteiger partial charge in [-0.3, -0.25) is 14.4 Å². The minimum absolute atomic E-state index is 0.0690. The number of hydrogen-bond acceptors (Lipinski definition) is 5. The third kappa shape index (κ3) is 4.93. The van der Waals surface area contributed by atoms with E-state index in [4.69, 9.17) is 4.74 Å². The topological polar surface area (TPSA) is 124 Å². The van der Waals surface area contributed by atoms with Gasteiger partial charge in [-0.2, -0.15) is 5.26 Å². The van der Waals surface area contributed by atoms with Crippen molar-refractivity contribution in [3.05, 3.63) is 30.0 Å². The van der Waals surface area contributed by atoms with E-state index in [1.165, 1.54) is 0 Å². The molecule has 1 aliphatic carbocycles. The summed E-state index contributed by atoms with van der Waals surface area (Å²) in [7, 11) is 1.58. The normalized spacial score (nSPS) is 19.8. The molecule has 32 heavy (non-hydrogen) atoms. The van der Waals surface area contributed by atoms with Gasteiger partial charge >= 0.3 is 0 Å². The Kier molecular flexibility index (Phi) is 6.45. The van der Waals surface area contributed by atoms with Gasteiger partial charge in [-0.25, -0.2) is 0 Å². The molecule has 0 radical (unpaired) electrons. The fourth-order valence-corrected chi connectivity index (χ4v) is 4.42. The molecule has 1 aliphatic heterocycles. The Morgan fingerprint density at radius 3 is 2.75 bits per heavy atom. The van der Waals surface area contributed by atoms with E-state index in [9.17, 15) is 19.6 Å². The summed E-state index contributed by atoms with van der Waals surface area (Å²) >= 11 is 0. The van der Waals surface area contributed by atoms with Crippen LogP contribution in [0.15, 0.2) is 24.3 Å². The molecule has 2 aliphatic rings. The van der Waals surface area contributed by atoms with Gasteiger partial charge in [-0.15, -0.1) is 0 Å². The average Bonchev–Trinajstić information content (AvgIpc) is 3.35. The minimum Gasteiger partial charge on any atom is -0.496 e. The van der Waals surface area contributed by atoms with Gasteiger partial charge in [0, 0.05) is 35.7 Å². The second-order valence-corrected chi connectivity index (χ2v) is 8.81. The van der Waals surface area contributed by atoms with Gasteiger partial charge in [0.25, 0.3) is 0 Å². The van der Waals surface area contributed by atoms with Gasteiger partial charge < -0.3 is 20.4 Å². The number of hydrogen-bond donors (Lipinski definition) is 3. The summed E-state index contributed by atoms with van der Waals surface area (Å²) in [6.07, 6.45) is 3.78. The molecule has 0 unspecified atom stereocenters. The zero-order valence-corrected chi connectivity index (χ0v) is 18.1. The van der Waals surface area contributed by atoms with Gasteiger partial charge in [0.1, 0.15) is 11.8 Å². The van der Waals surface area contributed by atoms with Crippen LogP contribution in [0, 0.1) is 29.1 Å². The Hall–Kier alpha value is -3.34. The number of carbonyl (C=O) groups is 3. The zero-order chi connectivity index (χ0) is 22.7. The molecule has 168 valence electrons. The number of carbonyl (C=O) groups excluding carboxylic acids is 3. The van der Waals surface area contributed by atoms with E-state index in [-0.39, 0.29) is 29.9 Å². The highest BCUT2D eigenvalue weighted by atomic mass is 16.5. The van der Waals surface area contributed by atoms with Crippen LogP contribution in [0.25, 0.3) is 10.9 Å². The third-order valence-corrected chi connectivity index (χ3v) is 6.42. The van der Waals surface area contributed by atoms with Crippen molar-refractivity contribution < 1.29 is 19.1 Å². The predicted molar refractivity (Wildman–Crippen MR) is 118 cm³/mol. The van der Waals surface area contributed by atoms with Crippen molar-refractivity contribution in [3.8, 4) is 11.8 Å². The first kappa shape index (κ1) is 21.9. The predicted octanol–water partition coefficient (Wildman–Crippen LogP) is 2.70. The molecular formula is C24H28N4O4. The smallest absolute Gasteiger partial charge is 0.224 e. The maximum Gasteiger partial charge on any atom is 0.224 e. The number of fused-ring (bicyclic) bond motifs is 1. The van der Waals surface area contributed by atoms with Crippen molar-refractivity contribution in [3.63, 3.8) is 0 Å². The molecule has 2 heterocycles. The zero-order valence-electron chi connectivity index (χ0n) is 18.1. The van der Waals surface area contributed by atoms with Crippen molar-refractivity contribution >= 4 is 28.5 Å². The molecule has 2 aromatic rings. The van der Waals surface area contributed by atoms with Crippen LogP contribution in [-0.2, 0) is 9.59 Å². The van der Waals surface area contributed by atoms with Crippen LogP contribution in [0.5, 0.6) is 5.75 Å². The molecule has 0 bridgehead atoms. The number of aromatic nitrogens is 1. The van der Waals surface area contributed by atoms with Gasteiger partial charge in [-0.1, -0.05) is 18.9 Å². The first-order valence-corrected chi connectivity index (χ1v) is 11.1. The molecule has 1 aromatic carbocycles. The maximum absolute atomic E-state index is 13.0. The molecule has 4 rings (SSSR count). The number of rotatable bonds is 10. The van der Waals surface area contributed by atoms with Gasteiger partial charge in [0.05, 0.1) is 18.9 Å². The summed E-state index contributed by atoms with van der Waals surface area (Å²) in [5.41, 5.74) is 1.24. The van der Waals surface area contributed by atoms with E-state index in [0.29, 0.717) is 43.2 Å². The van der Waals surface area contributed by atoms with Crippen molar-refractivity contribution in [1.82, 2.24) is 15.6 Å². The lowest BCUT2D eigenvalue weighted by molar-refractivity contribution is -0.127. The van der Waals surface area contributed by atoms with Gasteiger partial charge in [0.15, 0.2) is 5.78 Å². The summed E-state index contributed by atoms with van der Waals surface area (Å²) in [6.45, 7) is 0.601. The third-order valence-electron chi connectivity index (χ3n) is 6.42. The largest absolute Gasteiger partial charge is 0.496 e. The van der Waals surface area contributed by atoms with Crippen LogP contribution in [0.3, 0.4) is 0 Å².